The highest BCUT2D eigenvalue weighted by molar-refractivity contribution is 5.78. The van der Waals surface area contributed by atoms with Gasteiger partial charge in [0.25, 0.3) is 0 Å². The van der Waals surface area contributed by atoms with Crippen LogP contribution in [0.5, 0.6) is 0 Å². The smallest absolute Gasteiger partial charge is 0.219 e. The molecule has 0 spiro atoms. The van der Waals surface area contributed by atoms with Gasteiger partial charge in [-0.05, 0) is 7.05 Å². The first-order valence-corrected chi connectivity index (χ1v) is 10.6. The van der Waals surface area contributed by atoms with E-state index in [-0.39, 0.29) is 6.42 Å². The summed E-state index contributed by atoms with van der Waals surface area (Å²) in [5.41, 5.74) is 4.81. The maximum atomic E-state index is 10.2. The number of aldehydes is 1. The lowest BCUT2D eigenvalue weighted by molar-refractivity contribution is -0.120. The monoisotopic (exact) mass is 370 g/mol. The Labute approximate surface area is 163 Å². The molecule has 0 unspecified atom stereocenters. The van der Waals surface area contributed by atoms with Gasteiger partial charge in [0.2, 0.25) is 5.91 Å². The number of amides is 1. The average Bonchev–Trinajstić information content (AvgIpc) is 2.77. The van der Waals surface area contributed by atoms with E-state index in [1.807, 2.05) is 111 Å². The fourth-order valence-electron chi connectivity index (χ4n) is 0.435. The lowest BCUT2D eigenvalue weighted by Crippen LogP contribution is -2.31. The highest BCUT2D eigenvalue weighted by Crippen LogP contribution is 1.82. The Balaban J connectivity index is -0.0000000194. The summed E-state index contributed by atoms with van der Waals surface area (Å²) < 4.78 is 0. The largest absolute Gasteiger partial charge is 0.370 e. The van der Waals surface area contributed by atoms with Crippen LogP contribution in [-0.2, 0) is 9.59 Å². The molecular weight excluding hydrogens is 312 g/mol. The number of nitrogens with one attached hydrogen (secondary N) is 1. The van der Waals surface area contributed by atoms with Crippen LogP contribution in [0.3, 0.4) is 0 Å². The molecule has 0 aliphatic heterocycles. The number of hydrogen-bond donors (Lipinski definition) is 2. The van der Waals surface area contributed by atoms with Gasteiger partial charge < -0.3 is 15.8 Å². The lowest BCUT2D eigenvalue weighted by atomic mass is 10.2. The predicted molar refractivity (Wildman–Crippen MR) is 124 cm³/mol. The van der Waals surface area contributed by atoms with E-state index in [0.717, 1.165) is 0 Å². The third-order valence-electron chi connectivity index (χ3n) is 0.956. The minimum atomic E-state index is -0.471. The van der Waals surface area contributed by atoms with E-state index in [9.17, 15) is 9.59 Å². The second kappa shape index (κ2) is 172. The molecule has 0 saturated heterocycles. The van der Waals surface area contributed by atoms with Crippen molar-refractivity contribution >= 4 is 12.2 Å². The summed E-state index contributed by atoms with van der Waals surface area (Å²) in [5.74, 6) is -0.471. The van der Waals surface area contributed by atoms with Crippen molar-refractivity contribution in [3.05, 3.63) is 0 Å². The van der Waals surface area contributed by atoms with Crippen molar-refractivity contribution in [3.63, 3.8) is 0 Å². The van der Waals surface area contributed by atoms with Crippen molar-refractivity contribution in [2.45, 2.75) is 123 Å². The van der Waals surface area contributed by atoms with Crippen LogP contribution in [-0.4, -0.2) is 25.3 Å². The van der Waals surface area contributed by atoms with Crippen LogP contribution in [0.15, 0.2) is 0 Å². The Morgan fingerprint density at radius 3 is 0.960 bits per heavy atom. The number of primary amides is 1. The molecule has 4 heteroatoms. The summed E-state index contributed by atoms with van der Waals surface area (Å²) >= 11 is 0. The zero-order valence-corrected chi connectivity index (χ0v) is 21.3. The molecule has 1 atom stereocenters. The quantitative estimate of drug-likeness (QED) is 0.531. The Morgan fingerprint density at radius 2 is 0.920 bits per heavy atom. The molecule has 0 aromatic carbocycles. The molecule has 0 saturated carbocycles. The van der Waals surface area contributed by atoms with Crippen LogP contribution >= 0.6 is 0 Å². The lowest BCUT2D eigenvalue weighted by Gasteiger charge is -2.03. The summed E-state index contributed by atoms with van der Waals surface area (Å²) in [6.07, 6.45) is 0.727. The van der Waals surface area contributed by atoms with Crippen LogP contribution in [0.25, 0.3) is 0 Å². The van der Waals surface area contributed by atoms with Gasteiger partial charge in [0.15, 0.2) is 0 Å². The van der Waals surface area contributed by atoms with Crippen LogP contribution in [0.4, 0.5) is 0 Å². The molecule has 0 aromatic heterocycles. The van der Waals surface area contributed by atoms with Gasteiger partial charge in [-0.3, -0.25) is 4.79 Å². The first kappa shape index (κ1) is 56.4. The first-order valence-electron chi connectivity index (χ1n) is 10.6. The molecule has 0 radical (unpaired) electrons. The van der Waals surface area contributed by atoms with Gasteiger partial charge in [-0.1, -0.05) is 111 Å². The minimum Gasteiger partial charge on any atom is -0.370 e. The summed E-state index contributed by atoms with van der Waals surface area (Å²) in [6, 6.07) is -0.428. The van der Waals surface area contributed by atoms with Gasteiger partial charge >= 0.3 is 0 Å². The maximum Gasteiger partial charge on any atom is 0.219 e. The predicted octanol–water partition coefficient (Wildman–Crippen LogP) is 6.86. The van der Waals surface area contributed by atoms with E-state index in [1.165, 1.54) is 0 Å². The third kappa shape index (κ3) is 204. The van der Waals surface area contributed by atoms with Gasteiger partial charge in [0.05, 0.1) is 6.04 Å². The van der Waals surface area contributed by atoms with Crippen molar-refractivity contribution in [3.8, 4) is 0 Å². The fourth-order valence-corrected chi connectivity index (χ4v) is 0.435. The SMILES string of the molecule is CC.CC.CC.CC.CC.CC.CC.CC.CN[C@H](C=O)CC(N)=O. The molecule has 4 nitrogen and oxygen atoms in total. The van der Waals surface area contributed by atoms with E-state index in [4.69, 9.17) is 5.73 Å². The van der Waals surface area contributed by atoms with Crippen molar-refractivity contribution in [1.82, 2.24) is 5.32 Å². The zero-order valence-electron chi connectivity index (χ0n) is 21.3. The summed E-state index contributed by atoms with van der Waals surface area (Å²) in [7, 11) is 1.60. The van der Waals surface area contributed by atoms with Crippen LogP contribution in [0, 0.1) is 0 Å². The molecule has 164 valence electrons. The van der Waals surface area contributed by atoms with Crippen molar-refractivity contribution < 1.29 is 9.59 Å². The Hall–Kier alpha value is -0.900. The molecule has 1 amide bonds. The number of nitrogens with two attached hydrogens (primary N) is 1. The highest BCUT2D eigenvalue weighted by atomic mass is 16.1. The van der Waals surface area contributed by atoms with E-state index < -0.39 is 11.9 Å². The summed E-state index contributed by atoms with van der Waals surface area (Å²) in [6.45, 7) is 32.0. The normalized spacial score (nSPS) is 6.44. The Morgan fingerprint density at radius 1 is 0.720 bits per heavy atom. The summed E-state index contributed by atoms with van der Waals surface area (Å²) in [4.78, 5) is 20.2. The molecule has 0 bridgehead atoms. The Bertz CT molecular complexity index is 120. The van der Waals surface area contributed by atoms with E-state index in [2.05, 4.69) is 5.32 Å². The van der Waals surface area contributed by atoms with Crippen molar-refractivity contribution in [2.24, 2.45) is 5.73 Å². The number of likely N-dealkylation sites (N-methyl/N-ethyl adjacent to an activating group) is 1. The minimum absolute atomic E-state index is 0.0694. The molecule has 0 aliphatic rings. The third-order valence-corrected chi connectivity index (χ3v) is 0.956. The average molecular weight is 371 g/mol. The molecule has 0 aliphatic carbocycles. The summed E-state index contributed by atoms with van der Waals surface area (Å²) in [5, 5.41) is 2.61. The maximum absolute atomic E-state index is 10.2. The molecule has 0 rings (SSSR count). The fraction of sp³-hybridized carbons (Fsp3) is 0.905. The molecule has 3 N–H and O–H groups in total. The molecule has 25 heavy (non-hydrogen) atoms. The van der Waals surface area contributed by atoms with Gasteiger partial charge in [0.1, 0.15) is 6.29 Å². The second-order valence-corrected chi connectivity index (χ2v) is 1.70. The molecule has 0 aromatic rings. The highest BCUT2D eigenvalue weighted by Gasteiger charge is 2.05. The van der Waals surface area contributed by atoms with E-state index >= 15 is 0 Å². The molecular formula is C21H58N2O2. The topological polar surface area (TPSA) is 72.2 Å². The van der Waals surface area contributed by atoms with Gasteiger partial charge in [0, 0.05) is 6.42 Å². The van der Waals surface area contributed by atoms with Gasteiger partial charge in [-0.2, -0.15) is 0 Å². The Kier molecular flexibility index (Phi) is 388. The van der Waals surface area contributed by atoms with Crippen LogP contribution in [0.2, 0.25) is 0 Å². The number of carbonyl (C=O) groups excluding carboxylic acids is 2. The van der Waals surface area contributed by atoms with Crippen LogP contribution in [0.1, 0.15) is 117 Å². The zero-order chi connectivity index (χ0) is 23.3. The number of carbonyl (C=O) groups is 2. The van der Waals surface area contributed by atoms with Crippen molar-refractivity contribution in [1.29, 1.82) is 0 Å². The van der Waals surface area contributed by atoms with Crippen molar-refractivity contribution in [2.75, 3.05) is 7.05 Å². The second-order valence-electron chi connectivity index (χ2n) is 1.70. The number of rotatable bonds is 4. The van der Waals surface area contributed by atoms with Gasteiger partial charge in [-0.25, -0.2) is 0 Å². The standard InChI is InChI=1S/C5H10N2O2.8C2H6/c1-7-4(3-8)2-5(6)9;8*1-2/h3-4,7H,2H2,1H3,(H2,6,9);8*1-2H3/t4-;;;;;;;;/m0......../s1. The van der Waals surface area contributed by atoms with E-state index in [0.29, 0.717) is 6.29 Å². The first-order chi connectivity index (χ1) is 12.2. The number of hydrogen-bond acceptors (Lipinski definition) is 3. The molecule has 0 heterocycles. The molecule has 0 fully saturated rings. The van der Waals surface area contributed by atoms with E-state index in [1.54, 1.807) is 7.05 Å². The van der Waals surface area contributed by atoms with Crippen LogP contribution < -0.4 is 11.1 Å². The van der Waals surface area contributed by atoms with Gasteiger partial charge in [-0.15, -0.1) is 0 Å².